The maximum Gasteiger partial charge on any atom is 0.0589 e. The van der Waals surface area contributed by atoms with Gasteiger partial charge in [0.1, 0.15) is 0 Å². The standard InChI is InChI=1S/C23H30N2/c1-4-11-21(12-5-1)19-24-16-10-15-23(20-24,22-13-6-2-7-14-22)25-17-8-3-9-18-25/h1-2,4-7,11-14H,3,8-10,15-20H2. The average Bonchev–Trinajstić information content (AvgIpc) is 2.70. The Morgan fingerprint density at radius 2 is 1.40 bits per heavy atom. The third kappa shape index (κ3) is 3.65. The van der Waals surface area contributed by atoms with E-state index < -0.39 is 0 Å². The fourth-order valence-electron chi connectivity index (χ4n) is 4.85. The summed E-state index contributed by atoms with van der Waals surface area (Å²) < 4.78 is 0. The Balaban J connectivity index is 1.61. The van der Waals surface area contributed by atoms with E-state index in [-0.39, 0.29) is 5.54 Å². The highest BCUT2D eigenvalue weighted by atomic mass is 15.3. The first-order chi connectivity index (χ1) is 12.4. The molecule has 2 aromatic carbocycles. The SMILES string of the molecule is c1ccc(CN2CCCC(c3ccccc3)(N3CCCCC3)C2)cc1. The highest BCUT2D eigenvalue weighted by Crippen LogP contribution is 2.39. The molecule has 25 heavy (non-hydrogen) atoms. The molecule has 0 aromatic heterocycles. The molecule has 0 N–H and O–H groups in total. The summed E-state index contributed by atoms with van der Waals surface area (Å²) in [5, 5.41) is 0. The van der Waals surface area contributed by atoms with Gasteiger partial charge < -0.3 is 0 Å². The molecule has 2 saturated heterocycles. The van der Waals surface area contributed by atoms with E-state index in [1.165, 1.54) is 62.9 Å². The number of hydrogen-bond acceptors (Lipinski definition) is 2. The van der Waals surface area contributed by atoms with E-state index in [0.717, 1.165) is 13.1 Å². The predicted octanol–water partition coefficient (Wildman–Crippen LogP) is 4.66. The number of nitrogens with zero attached hydrogens (tertiary/aromatic N) is 2. The second-order valence-electron chi connectivity index (χ2n) is 7.75. The predicted molar refractivity (Wildman–Crippen MR) is 104 cm³/mol. The summed E-state index contributed by atoms with van der Waals surface area (Å²) in [6, 6.07) is 22.3. The Morgan fingerprint density at radius 3 is 2.12 bits per heavy atom. The van der Waals surface area contributed by atoms with Gasteiger partial charge in [0.15, 0.2) is 0 Å². The van der Waals surface area contributed by atoms with Crippen LogP contribution in [0.5, 0.6) is 0 Å². The zero-order chi connectivity index (χ0) is 17.0. The second-order valence-corrected chi connectivity index (χ2v) is 7.75. The minimum absolute atomic E-state index is 0.203. The van der Waals surface area contributed by atoms with Crippen LogP contribution in [0.1, 0.15) is 43.2 Å². The number of rotatable bonds is 4. The Morgan fingerprint density at radius 1 is 0.720 bits per heavy atom. The van der Waals surface area contributed by atoms with E-state index in [1.54, 1.807) is 0 Å². The molecule has 2 aliphatic heterocycles. The lowest BCUT2D eigenvalue weighted by atomic mass is 9.79. The quantitative estimate of drug-likeness (QED) is 0.802. The van der Waals surface area contributed by atoms with E-state index in [0.29, 0.717) is 0 Å². The van der Waals surface area contributed by atoms with Gasteiger partial charge in [-0.1, -0.05) is 67.1 Å². The lowest BCUT2D eigenvalue weighted by Gasteiger charge is -2.51. The van der Waals surface area contributed by atoms with Gasteiger partial charge in [-0.25, -0.2) is 0 Å². The van der Waals surface area contributed by atoms with Gasteiger partial charge in [-0.15, -0.1) is 0 Å². The Kier molecular flexibility index (Phi) is 5.19. The van der Waals surface area contributed by atoms with Gasteiger partial charge in [0, 0.05) is 13.1 Å². The van der Waals surface area contributed by atoms with Crippen LogP contribution >= 0.6 is 0 Å². The zero-order valence-electron chi connectivity index (χ0n) is 15.2. The lowest BCUT2D eigenvalue weighted by molar-refractivity contribution is -0.00742. The molecule has 2 aromatic rings. The first-order valence-electron chi connectivity index (χ1n) is 9.94. The molecule has 0 spiro atoms. The summed E-state index contributed by atoms with van der Waals surface area (Å²) in [5.41, 5.74) is 3.16. The number of hydrogen-bond donors (Lipinski definition) is 0. The number of likely N-dealkylation sites (tertiary alicyclic amines) is 2. The van der Waals surface area contributed by atoms with E-state index in [1.807, 2.05) is 0 Å². The van der Waals surface area contributed by atoms with Crippen molar-refractivity contribution in [3.63, 3.8) is 0 Å². The fraction of sp³-hybridized carbons (Fsp3) is 0.478. The third-order valence-electron chi connectivity index (χ3n) is 6.07. The van der Waals surface area contributed by atoms with Crippen LogP contribution in [-0.4, -0.2) is 36.0 Å². The van der Waals surface area contributed by atoms with Crippen LogP contribution in [0, 0.1) is 0 Å². The number of piperidine rings is 2. The highest BCUT2D eigenvalue weighted by molar-refractivity contribution is 5.27. The van der Waals surface area contributed by atoms with Crippen LogP contribution in [0.15, 0.2) is 60.7 Å². The molecule has 2 fully saturated rings. The van der Waals surface area contributed by atoms with E-state index >= 15 is 0 Å². The van der Waals surface area contributed by atoms with E-state index in [9.17, 15) is 0 Å². The van der Waals surface area contributed by atoms with Crippen molar-refractivity contribution < 1.29 is 0 Å². The third-order valence-corrected chi connectivity index (χ3v) is 6.07. The maximum atomic E-state index is 2.81. The smallest absolute Gasteiger partial charge is 0.0589 e. The molecule has 0 radical (unpaired) electrons. The molecule has 1 unspecified atom stereocenters. The largest absolute Gasteiger partial charge is 0.297 e. The summed E-state index contributed by atoms with van der Waals surface area (Å²) >= 11 is 0. The Bertz CT molecular complexity index is 648. The molecular formula is C23H30N2. The van der Waals surface area contributed by atoms with Crippen molar-refractivity contribution in [3.05, 3.63) is 71.8 Å². The number of benzene rings is 2. The van der Waals surface area contributed by atoms with Crippen LogP contribution < -0.4 is 0 Å². The van der Waals surface area contributed by atoms with Crippen LogP contribution in [-0.2, 0) is 12.1 Å². The van der Waals surface area contributed by atoms with Crippen molar-refractivity contribution in [1.29, 1.82) is 0 Å². The molecule has 0 bridgehead atoms. The van der Waals surface area contributed by atoms with Crippen molar-refractivity contribution in [3.8, 4) is 0 Å². The first kappa shape index (κ1) is 16.8. The van der Waals surface area contributed by atoms with Crippen molar-refractivity contribution in [1.82, 2.24) is 9.80 Å². The van der Waals surface area contributed by atoms with Crippen LogP contribution in [0.3, 0.4) is 0 Å². The summed E-state index contributed by atoms with van der Waals surface area (Å²) in [7, 11) is 0. The fourth-order valence-corrected chi connectivity index (χ4v) is 4.85. The summed E-state index contributed by atoms with van der Waals surface area (Å²) in [5.74, 6) is 0. The van der Waals surface area contributed by atoms with Gasteiger partial charge in [-0.2, -0.15) is 0 Å². The van der Waals surface area contributed by atoms with Gasteiger partial charge in [0.05, 0.1) is 5.54 Å². The van der Waals surface area contributed by atoms with Gasteiger partial charge in [-0.05, 0) is 56.4 Å². The van der Waals surface area contributed by atoms with Crippen molar-refractivity contribution in [2.45, 2.75) is 44.2 Å². The monoisotopic (exact) mass is 334 g/mol. The normalized spacial score (nSPS) is 25.8. The molecule has 4 rings (SSSR count). The van der Waals surface area contributed by atoms with E-state index in [2.05, 4.69) is 70.5 Å². The summed E-state index contributed by atoms with van der Waals surface area (Å²) in [6.45, 7) is 5.97. The van der Waals surface area contributed by atoms with Crippen LogP contribution in [0.4, 0.5) is 0 Å². The molecule has 2 nitrogen and oxygen atoms in total. The molecular weight excluding hydrogens is 304 g/mol. The molecule has 1 atom stereocenters. The lowest BCUT2D eigenvalue weighted by Crippen LogP contribution is -2.57. The van der Waals surface area contributed by atoms with Gasteiger partial charge in [0.2, 0.25) is 0 Å². The summed E-state index contributed by atoms with van der Waals surface area (Å²) in [4.78, 5) is 5.49. The maximum absolute atomic E-state index is 2.81. The Hall–Kier alpha value is -1.64. The van der Waals surface area contributed by atoms with Gasteiger partial charge in [0.25, 0.3) is 0 Å². The average molecular weight is 335 g/mol. The highest BCUT2D eigenvalue weighted by Gasteiger charge is 2.42. The zero-order valence-corrected chi connectivity index (χ0v) is 15.2. The van der Waals surface area contributed by atoms with Gasteiger partial charge in [-0.3, -0.25) is 9.80 Å². The van der Waals surface area contributed by atoms with Gasteiger partial charge >= 0.3 is 0 Å². The Labute approximate surface area is 152 Å². The van der Waals surface area contributed by atoms with Crippen molar-refractivity contribution in [2.75, 3.05) is 26.2 Å². The molecule has 2 heterocycles. The summed E-state index contributed by atoms with van der Waals surface area (Å²) in [6.07, 6.45) is 6.69. The topological polar surface area (TPSA) is 6.48 Å². The van der Waals surface area contributed by atoms with E-state index in [4.69, 9.17) is 0 Å². The minimum atomic E-state index is 0.203. The first-order valence-corrected chi connectivity index (χ1v) is 9.94. The second kappa shape index (κ2) is 7.72. The molecule has 2 aliphatic rings. The molecule has 132 valence electrons. The minimum Gasteiger partial charge on any atom is -0.297 e. The molecule has 0 aliphatic carbocycles. The van der Waals surface area contributed by atoms with Crippen molar-refractivity contribution in [2.24, 2.45) is 0 Å². The molecule has 2 heteroatoms. The van der Waals surface area contributed by atoms with Crippen LogP contribution in [0.2, 0.25) is 0 Å². The molecule has 0 amide bonds. The van der Waals surface area contributed by atoms with Crippen molar-refractivity contribution >= 4 is 0 Å². The molecule has 0 saturated carbocycles. The van der Waals surface area contributed by atoms with Crippen LogP contribution in [0.25, 0.3) is 0 Å².